The Morgan fingerprint density at radius 3 is 2.22 bits per heavy atom. The van der Waals surface area contributed by atoms with Crippen molar-refractivity contribution in [2.75, 3.05) is 20.3 Å². The monoisotopic (exact) mass is 594 g/mol. The van der Waals surface area contributed by atoms with Crippen molar-refractivity contribution in [3.8, 4) is 0 Å². The average molecular weight is 595 g/mol. The smallest absolute Gasteiger partial charge is 0.416 e. The predicted octanol–water partition coefficient (Wildman–Crippen LogP) is 6.87. The van der Waals surface area contributed by atoms with Gasteiger partial charge in [-0.25, -0.2) is 0 Å². The molecule has 0 radical (unpaired) electrons. The Bertz CT molecular complexity index is 1350. The van der Waals surface area contributed by atoms with Gasteiger partial charge in [-0.15, -0.1) is 0 Å². The van der Waals surface area contributed by atoms with Gasteiger partial charge >= 0.3 is 19.7 Å². The number of benzene rings is 2. The molecule has 2 N–H and O–H groups in total. The molecule has 0 aromatic heterocycles. The molecule has 11 heteroatoms. The molecule has 2 aromatic rings. The lowest BCUT2D eigenvalue weighted by Crippen LogP contribution is -2.65. The van der Waals surface area contributed by atoms with Crippen LogP contribution in [0.5, 0.6) is 0 Å². The molecule has 1 saturated heterocycles. The largest absolute Gasteiger partial charge is 0.481 e. The van der Waals surface area contributed by atoms with Crippen LogP contribution in [0.25, 0.3) is 0 Å². The summed E-state index contributed by atoms with van der Waals surface area (Å²) in [6.07, 6.45) is -4.78. The van der Waals surface area contributed by atoms with Gasteiger partial charge in [0.2, 0.25) is 0 Å². The quantitative estimate of drug-likeness (QED) is 0.338. The number of nitrogens with one attached hydrogen (secondary N) is 1. The number of aliphatic carboxylic acids is 1. The van der Waals surface area contributed by atoms with Crippen LogP contribution in [0.2, 0.25) is 0 Å². The molecule has 2 heterocycles. The lowest BCUT2D eigenvalue weighted by atomic mass is 9.67. The number of likely N-dealkylation sites (N-methyl/N-ethyl adjacent to an activating group) is 1. The Labute approximate surface area is 239 Å². The van der Waals surface area contributed by atoms with Crippen LogP contribution in [-0.4, -0.2) is 47.8 Å². The second-order valence-corrected chi connectivity index (χ2v) is 14.1. The minimum Gasteiger partial charge on any atom is -0.481 e. The van der Waals surface area contributed by atoms with Gasteiger partial charge in [0, 0.05) is 29.6 Å². The third-order valence-corrected chi connectivity index (χ3v) is 10.5. The van der Waals surface area contributed by atoms with E-state index >= 15 is 0 Å². The third-order valence-electron chi connectivity index (χ3n) is 8.33. The van der Waals surface area contributed by atoms with E-state index in [1.54, 1.807) is 13.8 Å². The summed E-state index contributed by atoms with van der Waals surface area (Å²) in [6, 6.07) is 14.0. The van der Waals surface area contributed by atoms with E-state index in [-0.39, 0.29) is 29.8 Å². The molecule has 2 aliphatic rings. The molecule has 4 unspecified atom stereocenters. The van der Waals surface area contributed by atoms with Crippen molar-refractivity contribution in [2.24, 2.45) is 11.3 Å². The molecule has 7 nitrogen and oxygen atoms in total. The van der Waals surface area contributed by atoms with Crippen LogP contribution in [0.3, 0.4) is 0 Å². The van der Waals surface area contributed by atoms with E-state index in [9.17, 15) is 27.6 Å². The van der Waals surface area contributed by atoms with Crippen molar-refractivity contribution < 1.29 is 36.7 Å². The third kappa shape index (κ3) is 6.12. The maximum absolute atomic E-state index is 14.4. The first-order valence-electron chi connectivity index (χ1n) is 13.5. The molecule has 224 valence electrons. The Morgan fingerprint density at radius 1 is 1.10 bits per heavy atom. The lowest BCUT2D eigenvalue weighted by Gasteiger charge is -2.52. The zero-order valence-corrected chi connectivity index (χ0v) is 25.1. The Hall–Kier alpha value is -2.65. The van der Waals surface area contributed by atoms with Gasteiger partial charge in [0.15, 0.2) is 0 Å². The van der Waals surface area contributed by atoms with E-state index < -0.39 is 54.1 Å². The van der Waals surface area contributed by atoms with Crippen LogP contribution in [-0.2, 0) is 31.1 Å². The zero-order valence-electron chi connectivity index (χ0n) is 24.2. The van der Waals surface area contributed by atoms with Crippen molar-refractivity contribution in [3.05, 3.63) is 82.3 Å². The summed E-state index contributed by atoms with van der Waals surface area (Å²) in [6.45, 7) is 9.41. The molecule has 2 aromatic carbocycles. The first-order chi connectivity index (χ1) is 19.0. The standard InChI is InChI=1S/C30H38F3N2O5P/c1-19-26(41(38)39-17-28(3,4)18-40-41)24(22-14-10-11-15-23(22)30(31,32)33)25(27(36)37)29(5,34-19)20(2)35(6)16-21-12-8-7-9-13-21/h7-15,20,24-25,34H,16-18H2,1-6H3,(H,36,37). The molecule has 0 saturated carbocycles. The highest BCUT2D eigenvalue weighted by Gasteiger charge is 2.59. The van der Waals surface area contributed by atoms with E-state index in [4.69, 9.17) is 9.05 Å². The topological polar surface area (TPSA) is 88.1 Å². The second-order valence-electron chi connectivity index (χ2n) is 12.1. The number of carboxylic acids is 1. The fraction of sp³-hybridized carbons (Fsp3) is 0.500. The SMILES string of the molecule is CC1=C(P2(=O)OCC(C)(C)CO2)C(c2ccccc2C(F)(F)F)C(C(=O)O)C(C)(C(C)N(C)Cc2ccccc2)N1. The average Bonchev–Trinajstić information content (AvgIpc) is 2.89. The molecule has 1 fully saturated rings. The summed E-state index contributed by atoms with van der Waals surface area (Å²) in [5, 5.41) is 14.0. The van der Waals surface area contributed by atoms with Crippen LogP contribution >= 0.6 is 7.60 Å². The van der Waals surface area contributed by atoms with E-state index in [0.29, 0.717) is 6.54 Å². The molecule has 2 aliphatic heterocycles. The van der Waals surface area contributed by atoms with Gasteiger partial charge in [-0.3, -0.25) is 14.3 Å². The minimum absolute atomic E-state index is 0.0416. The number of rotatable bonds is 7. The van der Waals surface area contributed by atoms with Gasteiger partial charge in [-0.1, -0.05) is 62.4 Å². The molecular formula is C30H38F3N2O5P. The molecule has 0 spiro atoms. The highest BCUT2D eigenvalue weighted by Crippen LogP contribution is 2.68. The zero-order chi connectivity index (χ0) is 30.4. The van der Waals surface area contributed by atoms with E-state index in [0.717, 1.165) is 11.6 Å². The summed E-state index contributed by atoms with van der Waals surface area (Å²) in [5.74, 6) is -4.24. The van der Waals surface area contributed by atoms with Crippen molar-refractivity contribution in [2.45, 2.75) is 64.8 Å². The van der Waals surface area contributed by atoms with Crippen molar-refractivity contribution in [3.63, 3.8) is 0 Å². The van der Waals surface area contributed by atoms with E-state index in [1.165, 1.54) is 18.2 Å². The number of hydrogen-bond donors (Lipinski definition) is 2. The second kappa shape index (κ2) is 11.2. The molecule has 41 heavy (non-hydrogen) atoms. The Morgan fingerprint density at radius 2 is 1.66 bits per heavy atom. The highest BCUT2D eigenvalue weighted by molar-refractivity contribution is 7.58. The summed E-state index contributed by atoms with van der Waals surface area (Å²) in [7, 11) is -2.35. The summed E-state index contributed by atoms with van der Waals surface area (Å²) >= 11 is 0. The molecule has 0 amide bonds. The van der Waals surface area contributed by atoms with Crippen molar-refractivity contribution in [1.29, 1.82) is 0 Å². The number of hydrogen-bond acceptors (Lipinski definition) is 6. The molecule has 4 rings (SSSR count). The highest BCUT2D eigenvalue weighted by atomic mass is 31.2. The van der Waals surface area contributed by atoms with Crippen LogP contribution in [0.1, 0.15) is 57.2 Å². The van der Waals surface area contributed by atoms with Gasteiger partial charge in [0.1, 0.15) is 0 Å². The van der Waals surface area contributed by atoms with Gasteiger partial charge in [-0.05, 0) is 45.0 Å². The number of halogens is 3. The van der Waals surface area contributed by atoms with E-state index in [1.807, 2.05) is 63.1 Å². The maximum atomic E-state index is 14.4. The number of alkyl halides is 3. The first-order valence-corrected chi connectivity index (χ1v) is 15.1. The first kappa shape index (κ1) is 31.3. The van der Waals surface area contributed by atoms with E-state index in [2.05, 4.69) is 5.32 Å². The number of allylic oxidation sites excluding steroid dienone is 2. The fourth-order valence-electron chi connectivity index (χ4n) is 5.98. The van der Waals surface area contributed by atoms with Gasteiger partial charge in [0.05, 0.1) is 35.5 Å². The van der Waals surface area contributed by atoms with Gasteiger partial charge in [-0.2, -0.15) is 13.2 Å². The summed E-state index contributed by atoms with van der Waals surface area (Å²) in [4.78, 5) is 15.2. The molecule has 4 atom stereocenters. The Balaban J connectivity index is 1.92. The maximum Gasteiger partial charge on any atom is 0.416 e. The fourth-order valence-corrected chi connectivity index (χ4v) is 8.47. The normalized spacial score (nSPS) is 26.9. The molecule has 0 aliphatic carbocycles. The number of nitrogens with zero attached hydrogens (tertiary/aromatic N) is 1. The lowest BCUT2D eigenvalue weighted by molar-refractivity contribution is -0.148. The summed E-state index contributed by atoms with van der Waals surface area (Å²) < 4.78 is 69.1. The number of carboxylic acid groups (broad SMARTS) is 1. The van der Waals surface area contributed by atoms with Crippen LogP contribution < -0.4 is 5.32 Å². The van der Waals surface area contributed by atoms with Crippen LogP contribution in [0.4, 0.5) is 13.2 Å². The van der Waals surface area contributed by atoms with Gasteiger partial charge in [0.25, 0.3) is 0 Å². The molecular weight excluding hydrogens is 556 g/mol. The van der Waals surface area contributed by atoms with Crippen LogP contribution in [0, 0.1) is 11.3 Å². The summed E-state index contributed by atoms with van der Waals surface area (Å²) in [5.41, 5.74) is -1.74. The number of carbonyl (C=O) groups is 1. The van der Waals surface area contributed by atoms with Gasteiger partial charge < -0.3 is 19.5 Å². The van der Waals surface area contributed by atoms with Crippen molar-refractivity contribution in [1.82, 2.24) is 10.2 Å². The minimum atomic E-state index is -4.78. The Kier molecular flexibility index (Phi) is 8.56. The van der Waals surface area contributed by atoms with Crippen LogP contribution in [0.15, 0.2) is 65.6 Å². The van der Waals surface area contributed by atoms with Crippen molar-refractivity contribution >= 4 is 13.6 Å². The molecule has 0 bridgehead atoms. The predicted molar refractivity (Wildman–Crippen MR) is 150 cm³/mol.